The lowest BCUT2D eigenvalue weighted by Crippen LogP contribution is -2.52. The Morgan fingerprint density at radius 1 is 1.17 bits per heavy atom. The van der Waals surface area contributed by atoms with Gasteiger partial charge in [-0.1, -0.05) is 0 Å². The minimum atomic E-state index is -0.694. The van der Waals surface area contributed by atoms with Gasteiger partial charge in [0.15, 0.2) is 5.78 Å². The molecule has 0 aliphatic carbocycles. The lowest BCUT2D eigenvalue weighted by atomic mass is 9.85. The quantitative estimate of drug-likeness (QED) is 0.821. The number of hydrogen-bond acceptors (Lipinski definition) is 3. The van der Waals surface area contributed by atoms with Crippen molar-refractivity contribution in [3.8, 4) is 0 Å². The smallest absolute Gasteiger partial charge is 0.258 e. The van der Waals surface area contributed by atoms with Gasteiger partial charge in [0.25, 0.3) is 5.91 Å². The topological polar surface area (TPSA) is 63.4 Å². The van der Waals surface area contributed by atoms with Gasteiger partial charge in [-0.3, -0.25) is 9.59 Å². The first-order chi connectivity index (χ1) is 10.8. The van der Waals surface area contributed by atoms with Gasteiger partial charge in [0, 0.05) is 28.8 Å². The minimum absolute atomic E-state index is 0.143. The molecule has 23 heavy (non-hydrogen) atoms. The number of amides is 1. The van der Waals surface area contributed by atoms with Crippen molar-refractivity contribution in [2.24, 2.45) is 0 Å². The van der Waals surface area contributed by atoms with Crippen molar-refractivity contribution in [1.82, 2.24) is 0 Å². The summed E-state index contributed by atoms with van der Waals surface area (Å²) >= 11 is 0. The monoisotopic (exact) mass is 312 g/mol. The van der Waals surface area contributed by atoms with E-state index in [2.05, 4.69) is 0 Å². The van der Waals surface area contributed by atoms with Crippen molar-refractivity contribution in [2.45, 2.75) is 25.8 Å². The number of halogens is 1. The highest BCUT2D eigenvalue weighted by atomic mass is 19.1. The molecule has 0 saturated heterocycles. The molecule has 1 heterocycles. The number of benzene rings is 2. The van der Waals surface area contributed by atoms with E-state index in [1.807, 2.05) is 13.8 Å². The van der Waals surface area contributed by atoms with Crippen LogP contribution in [0, 0.1) is 5.82 Å². The van der Waals surface area contributed by atoms with Gasteiger partial charge in [-0.2, -0.15) is 0 Å². The van der Waals surface area contributed by atoms with Gasteiger partial charge in [-0.15, -0.1) is 0 Å². The second-order valence-corrected chi connectivity index (χ2v) is 6.34. The highest BCUT2D eigenvalue weighted by Gasteiger charge is 2.41. The molecule has 0 bridgehead atoms. The van der Waals surface area contributed by atoms with Gasteiger partial charge >= 0.3 is 0 Å². The van der Waals surface area contributed by atoms with E-state index in [4.69, 9.17) is 5.73 Å². The number of carbonyl (C=O) groups excluding carboxylic acids is 2. The van der Waals surface area contributed by atoms with Crippen LogP contribution in [0.3, 0.4) is 0 Å². The molecule has 1 amide bonds. The second kappa shape index (κ2) is 5.19. The highest BCUT2D eigenvalue weighted by Crippen LogP contribution is 2.38. The van der Waals surface area contributed by atoms with Crippen LogP contribution < -0.4 is 10.6 Å². The summed E-state index contributed by atoms with van der Waals surface area (Å²) in [4.78, 5) is 26.8. The molecule has 1 aliphatic heterocycles. The van der Waals surface area contributed by atoms with Gasteiger partial charge in [-0.05, 0) is 56.3 Å². The fourth-order valence-electron chi connectivity index (χ4n) is 2.96. The summed E-state index contributed by atoms with van der Waals surface area (Å²) < 4.78 is 13.5. The molecule has 0 radical (unpaired) electrons. The lowest BCUT2D eigenvalue weighted by Gasteiger charge is -2.42. The number of nitrogens with zero attached hydrogens (tertiary/aromatic N) is 1. The van der Waals surface area contributed by atoms with Crippen molar-refractivity contribution in [3.05, 3.63) is 59.4 Å². The summed E-state index contributed by atoms with van der Waals surface area (Å²) in [6, 6.07) is 10.5. The van der Waals surface area contributed by atoms with Crippen LogP contribution in [0.25, 0.3) is 0 Å². The number of hydrogen-bond donors (Lipinski definition) is 1. The van der Waals surface area contributed by atoms with Crippen molar-refractivity contribution in [1.29, 1.82) is 0 Å². The number of nitrogens with two attached hydrogens (primary N) is 1. The molecule has 5 heteroatoms. The Labute approximate surface area is 133 Å². The van der Waals surface area contributed by atoms with E-state index in [9.17, 15) is 14.0 Å². The largest absolute Gasteiger partial charge is 0.399 e. The maximum atomic E-state index is 13.5. The fraction of sp³-hybridized carbons (Fsp3) is 0.222. The van der Waals surface area contributed by atoms with Gasteiger partial charge in [0.1, 0.15) is 5.82 Å². The minimum Gasteiger partial charge on any atom is -0.399 e. The molecule has 0 atom stereocenters. The third-order valence-corrected chi connectivity index (χ3v) is 4.06. The van der Waals surface area contributed by atoms with E-state index in [0.717, 1.165) is 0 Å². The average Bonchev–Trinajstić information content (AvgIpc) is 2.47. The van der Waals surface area contributed by atoms with E-state index in [1.165, 1.54) is 18.2 Å². The average molecular weight is 312 g/mol. The van der Waals surface area contributed by atoms with Crippen LogP contribution in [0.1, 0.15) is 41.0 Å². The first-order valence-corrected chi connectivity index (χ1v) is 7.32. The summed E-state index contributed by atoms with van der Waals surface area (Å²) in [5, 5.41) is 0. The molecule has 0 spiro atoms. The third-order valence-electron chi connectivity index (χ3n) is 4.06. The molecule has 2 aromatic carbocycles. The Kier molecular flexibility index (Phi) is 3.43. The lowest BCUT2D eigenvalue weighted by molar-refractivity contribution is 0.0903. The highest BCUT2D eigenvalue weighted by molar-refractivity contribution is 6.14. The SMILES string of the molecule is CC1(C)CC(=O)c2cc(F)ccc2N1C(=O)c1ccc(N)cc1. The zero-order chi connectivity index (χ0) is 16.8. The number of Topliss-reactive ketones (excluding diaryl/α,β-unsaturated/α-hetero) is 1. The maximum Gasteiger partial charge on any atom is 0.258 e. The molecular weight excluding hydrogens is 295 g/mol. The normalized spacial score (nSPS) is 16.1. The zero-order valence-electron chi connectivity index (χ0n) is 13.0. The first kappa shape index (κ1) is 15.2. The predicted octanol–water partition coefficient (Wildman–Crippen LogP) is 3.42. The van der Waals surface area contributed by atoms with E-state index in [1.54, 1.807) is 29.2 Å². The molecular formula is C18H17FN2O2. The Balaban J connectivity index is 2.13. The maximum absolute atomic E-state index is 13.5. The summed E-state index contributed by atoms with van der Waals surface area (Å²) in [6.45, 7) is 3.65. The van der Waals surface area contributed by atoms with E-state index < -0.39 is 11.4 Å². The molecule has 0 saturated carbocycles. The van der Waals surface area contributed by atoms with E-state index in [0.29, 0.717) is 16.9 Å². The van der Waals surface area contributed by atoms with Crippen molar-refractivity contribution in [2.75, 3.05) is 10.6 Å². The number of rotatable bonds is 1. The van der Waals surface area contributed by atoms with Crippen LogP contribution >= 0.6 is 0 Å². The van der Waals surface area contributed by atoms with Crippen LogP contribution in [-0.4, -0.2) is 17.2 Å². The van der Waals surface area contributed by atoms with Crippen LogP contribution in [-0.2, 0) is 0 Å². The Morgan fingerprint density at radius 3 is 2.48 bits per heavy atom. The van der Waals surface area contributed by atoms with E-state index in [-0.39, 0.29) is 23.7 Å². The van der Waals surface area contributed by atoms with Gasteiger partial charge in [-0.25, -0.2) is 4.39 Å². The summed E-state index contributed by atoms with van der Waals surface area (Å²) in [7, 11) is 0. The number of ketones is 1. The number of fused-ring (bicyclic) bond motifs is 1. The first-order valence-electron chi connectivity index (χ1n) is 7.32. The fourth-order valence-corrected chi connectivity index (χ4v) is 2.96. The van der Waals surface area contributed by atoms with Crippen LogP contribution in [0.15, 0.2) is 42.5 Å². The van der Waals surface area contributed by atoms with Crippen LogP contribution in [0.5, 0.6) is 0 Å². The summed E-state index contributed by atoms with van der Waals surface area (Å²) in [6.07, 6.45) is 0.143. The van der Waals surface area contributed by atoms with E-state index >= 15 is 0 Å². The molecule has 2 N–H and O–H groups in total. The molecule has 1 aliphatic rings. The molecule has 0 unspecified atom stereocenters. The second-order valence-electron chi connectivity index (χ2n) is 6.34. The summed E-state index contributed by atoms with van der Waals surface area (Å²) in [5.41, 5.74) is 6.68. The standard InChI is InChI=1S/C18H17FN2O2/c1-18(2)10-16(22)14-9-12(19)5-8-15(14)21(18)17(23)11-3-6-13(20)7-4-11/h3-9H,10,20H2,1-2H3. The molecule has 4 nitrogen and oxygen atoms in total. The zero-order valence-corrected chi connectivity index (χ0v) is 13.0. The van der Waals surface area contributed by atoms with Gasteiger partial charge < -0.3 is 10.6 Å². The molecule has 0 aromatic heterocycles. The predicted molar refractivity (Wildman–Crippen MR) is 87.1 cm³/mol. The Morgan fingerprint density at radius 2 is 1.83 bits per heavy atom. The van der Waals surface area contributed by atoms with Crippen molar-refractivity contribution in [3.63, 3.8) is 0 Å². The Bertz CT molecular complexity index is 797. The molecule has 2 aromatic rings. The van der Waals surface area contributed by atoms with Crippen LogP contribution in [0.2, 0.25) is 0 Å². The van der Waals surface area contributed by atoms with Crippen LogP contribution in [0.4, 0.5) is 15.8 Å². The Hall–Kier alpha value is -2.69. The number of nitrogen functional groups attached to an aromatic ring is 1. The summed E-state index contributed by atoms with van der Waals surface area (Å²) in [5.74, 6) is -0.891. The molecule has 3 rings (SSSR count). The molecule has 118 valence electrons. The number of carbonyl (C=O) groups is 2. The van der Waals surface area contributed by atoms with Gasteiger partial charge in [0.2, 0.25) is 0 Å². The molecule has 0 fully saturated rings. The van der Waals surface area contributed by atoms with Crippen molar-refractivity contribution >= 4 is 23.1 Å². The number of anilines is 2. The van der Waals surface area contributed by atoms with Crippen molar-refractivity contribution < 1.29 is 14.0 Å². The third kappa shape index (κ3) is 2.59. The van der Waals surface area contributed by atoms with Gasteiger partial charge in [0.05, 0.1) is 5.69 Å².